The molecule has 1 N–H and O–H groups in total. The van der Waals surface area contributed by atoms with Crippen LogP contribution in [-0.4, -0.2) is 11.2 Å². The Morgan fingerprint density at radius 1 is 1.11 bits per heavy atom. The van der Waals surface area contributed by atoms with Crippen LogP contribution in [0.25, 0.3) is 0 Å². The molecule has 0 aromatic heterocycles. The Morgan fingerprint density at radius 3 is 2.42 bits per heavy atom. The average molecular weight is 260 g/mol. The molecule has 0 spiro atoms. The molecule has 2 heteroatoms. The van der Waals surface area contributed by atoms with Crippen LogP contribution in [0.3, 0.4) is 0 Å². The second kappa shape index (κ2) is 4.82. The highest BCUT2D eigenvalue weighted by Crippen LogP contribution is 2.44. The molecule has 2 fully saturated rings. The molecule has 3 rings (SSSR count). The maximum Gasteiger partial charge on any atom is 0.119 e. The maximum absolute atomic E-state index is 11.0. The number of hydrogen-bond donors (Lipinski definition) is 1. The Bertz CT molecular complexity index is 435. The van der Waals surface area contributed by atoms with Gasteiger partial charge < -0.3 is 9.84 Å². The molecule has 104 valence electrons. The maximum atomic E-state index is 11.0. The molecular formula is C17H24O2. The lowest BCUT2D eigenvalue weighted by molar-refractivity contribution is -0.0688. The third-order valence-corrected chi connectivity index (χ3v) is 5.01. The van der Waals surface area contributed by atoms with E-state index in [1.807, 2.05) is 24.3 Å². The number of ether oxygens (including phenoxy) is 1. The van der Waals surface area contributed by atoms with Gasteiger partial charge in [0, 0.05) is 0 Å². The first-order chi connectivity index (χ1) is 9.09. The van der Waals surface area contributed by atoms with Crippen LogP contribution in [0.1, 0.15) is 51.5 Å². The van der Waals surface area contributed by atoms with Crippen LogP contribution in [0.2, 0.25) is 0 Å². The zero-order valence-electron chi connectivity index (χ0n) is 11.9. The molecule has 19 heavy (non-hydrogen) atoms. The predicted octanol–water partition coefficient (Wildman–Crippen LogP) is 3.87. The minimum absolute atomic E-state index is 0.316. The summed E-state index contributed by atoms with van der Waals surface area (Å²) >= 11 is 0. The molecule has 0 radical (unpaired) electrons. The zero-order valence-corrected chi connectivity index (χ0v) is 11.9. The van der Waals surface area contributed by atoms with E-state index in [2.05, 4.69) is 13.8 Å². The molecule has 2 nitrogen and oxygen atoms in total. The van der Waals surface area contributed by atoms with Crippen molar-refractivity contribution in [3.63, 3.8) is 0 Å². The summed E-state index contributed by atoms with van der Waals surface area (Å²) < 4.78 is 5.77. The van der Waals surface area contributed by atoms with Crippen LogP contribution in [0.4, 0.5) is 0 Å². The van der Waals surface area contributed by atoms with Crippen molar-refractivity contribution in [1.82, 2.24) is 0 Å². The highest BCUT2D eigenvalue weighted by molar-refractivity contribution is 5.32. The molecule has 3 atom stereocenters. The van der Waals surface area contributed by atoms with Crippen LogP contribution in [0.15, 0.2) is 24.3 Å². The van der Waals surface area contributed by atoms with Gasteiger partial charge in [-0.25, -0.2) is 0 Å². The van der Waals surface area contributed by atoms with Gasteiger partial charge in [0.1, 0.15) is 5.75 Å². The highest BCUT2D eigenvalue weighted by Gasteiger charge is 2.41. The fourth-order valence-corrected chi connectivity index (χ4v) is 3.25. The molecule has 0 amide bonds. The third kappa shape index (κ3) is 2.51. The average Bonchev–Trinajstić information content (AvgIpc) is 3.21. The standard InChI is InChI=1S/C17H24O2/c1-12-4-3-11-17(18,13(12)2)14-5-7-15(8-6-14)19-16-9-10-16/h5-8,12-13,16,18H,3-4,9-11H2,1-2H3. The Kier molecular flexibility index (Phi) is 3.30. The predicted molar refractivity (Wildman–Crippen MR) is 76.2 cm³/mol. The van der Waals surface area contributed by atoms with E-state index in [1.165, 1.54) is 19.3 Å². The first-order valence-electron chi connectivity index (χ1n) is 7.59. The van der Waals surface area contributed by atoms with Gasteiger partial charge in [-0.2, -0.15) is 0 Å². The second-order valence-corrected chi connectivity index (χ2v) is 6.42. The van der Waals surface area contributed by atoms with Gasteiger partial charge in [0.25, 0.3) is 0 Å². The van der Waals surface area contributed by atoms with Crippen LogP contribution in [0, 0.1) is 11.8 Å². The quantitative estimate of drug-likeness (QED) is 0.894. The van der Waals surface area contributed by atoms with Gasteiger partial charge in [-0.15, -0.1) is 0 Å². The smallest absolute Gasteiger partial charge is 0.119 e. The second-order valence-electron chi connectivity index (χ2n) is 6.42. The van der Waals surface area contributed by atoms with Crippen LogP contribution < -0.4 is 4.74 Å². The summed E-state index contributed by atoms with van der Waals surface area (Å²) in [6.07, 6.45) is 6.01. The van der Waals surface area contributed by atoms with Crippen molar-refractivity contribution in [3.05, 3.63) is 29.8 Å². The number of benzene rings is 1. The van der Waals surface area contributed by atoms with Crippen LogP contribution >= 0.6 is 0 Å². The van der Waals surface area contributed by atoms with Gasteiger partial charge in [-0.3, -0.25) is 0 Å². The van der Waals surface area contributed by atoms with Gasteiger partial charge in [0.15, 0.2) is 0 Å². The summed E-state index contributed by atoms with van der Waals surface area (Å²) in [5.74, 6) is 1.84. The number of hydrogen-bond acceptors (Lipinski definition) is 2. The molecule has 2 saturated carbocycles. The van der Waals surface area contributed by atoms with Crippen LogP contribution in [0.5, 0.6) is 5.75 Å². The minimum atomic E-state index is -0.657. The molecule has 3 unspecified atom stereocenters. The largest absolute Gasteiger partial charge is 0.490 e. The molecule has 1 aromatic rings. The van der Waals surface area contributed by atoms with Crippen LogP contribution in [-0.2, 0) is 5.60 Å². The van der Waals surface area contributed by atoms with Gasteiger partial charge in [-0.05, 0) is 55.2 Å². The first kappa shape index (κ1) is 13.0. The number of rotatable bonds is 3. The topological polar surface area (TPSA) is 29.5 Å². The fraction of sp³-hybridized carbons (Fsp3) is 0.647. The van der Waals surface area contributed by atoms with Crippen molar-refractivity contribution in [2.75, 3.05) is 0 Å². The molecule has 0 heterocycles. The SMILES string of the molecule is CC1CCCC(O)(c2ccc(OC3CC3)cc2)C1C. The zero-order chi connectivity index (χ0) is 13.5. The number of aliphatic hydroxyl groups is 1. The molecule has 2 aliphatic rings. The third-order valence-electron chi connectivity index (χ3n) is 5.01. The molecule has 0 saturated heterocycles. The molecular weight excluding hydrogens is 236 g/mol. The monoisotopic (exact) mass is 260 g/mol. The summed E-state index contributed by atoms with van der Waals surface area (Å²) in [6, 6.07) is 8.12. The molecule has 0 bridgehead atoms. The Balaban J connectivity index is 1.79. The van der Waals surface area contributed by atoms with Gasteiger partial charge in [0.2, 0.25) is 0 Å². The van der Waals surface area contributed by atoms with Crippen molar-refractivity contribution < 1.29 is 9.84 Å². The van der Waals surface area contributed by atoms with E-state index in [-0.39, 0.29) is 0 Å². The lowest BCUT2D eigenvalue weighted by Crippen LogP contribution is -2.40. The van der Waals surface area contributed by atoms with Crippen molar-refractivity contribution >= 4 is 0 Å². The molecule has 0 aliphatic heterocycles. The Morgan fingerprint density at radius 2 is 1.79 bits per heavy atom. The Hall–Kier alpha value is -1.02. The van der Waals surface area contributed by atoms with Gasteiger partial charge >= 0.3 is 0 Å². The summed E-state index contributed by atoms with van der Waals surface area (Å²) in [6.45, 7) is 4.43. The summed E-state index contributed by atoms with van der Waals surface area (Å²) in [4.78, 5) is 0. The molecule has 1 aromatic carbocycles. The minimum Gasteiger partial charge on any atom is -0.490 e. The summed E-state index contributed by atoms with van der Waals surface area (Å²) in [5.41, 5.74) is 0.394. The van der Waals surface area contributed by atoms with Gasteiger partial charge in [-0.1, -0.05) is 32.4 Å². The van der Waals surface area contributed by atoms with Gasteiger partial charge in [0.05, 0.1) is 11.7 Å². The van der Waals surface area contributed by atoms with Crippen molar-refractivity contribution in [1.29, 1.82) is 0 Å². The highest BCUT2D eigenvalue weighted by atomic mass is 16.5. The van der Waals surface area contributed by atoms with E-state index in [0.717, 1.165) is 24.2 Å². The first-order valence-corrected chi connectivity index (χ1v) is 7.59. The van der Waals surface area contributed by atoms with E-state index in [1.54, 1.807) is 0 Å². The van der Waals surface area contributed by atoms with E-state index < -0.39 is 5.60 Å². The van der Waals surface area contributed by atoms with Crippen molar-refractivity contribution in [2.45, 2.75) is 57.7 Å². The summed E-state index contributed by atoms with van der Waals surface area (Å²) in [7, 11) is 0. The van der Waals surface area contributed by atoms with E-state index in [9.17, 15) is 5.11 Å². The Labute approximate surface area is 115 Å². The summed E-state index contributed by atoms with van der Waals surface area (Å²) in [5, 5.41) is 11.0. The van der Waals surface area contributed by atoms with E-state index in [0.29, 0.717) is 17.9 Å². The lowest BCUT2D eigenvalue weighted by atomic mass is 9.67. The molecule has 2 aliphatic carbocycles. The normalized spacial score (nSPS) is 35.1. The van der Waals surface area contributed by atoms with E-state index >= 15 is 0 Å². The van der Waals surface area contributed by atoms with Crippen molar-refractivity contribution in [2.24, 2.45) is 11.8 Å². The lowest BCUT2D eigenvalue weighted by Gasteiger charge is -2.42. The van der Waals surface area contributed by atoms with E-state index in [4.69, 9.17) is 4.74 Å². The van der Waals surface area contributed by atoms with Crippen molar-refractivity contribution in [3.8, 4) is 5.75 Å². The fourth-order valence-electron chi connectivity index (χ4n) is 3.25.